The van der Waals surface area contributed by atoms with E-state index in [1.807, 2.05) is 0 Å². The predicted molar refractivity (Wildman–Crippen MR) is 118 cm³/mol. The molecule has 0 saturated carbocycles. The van der Waals surface area contributed by atoms with Crippen LogP contribution in [0.4, 0.5) is 0 Å². The average molecular weight is 381 g/mol. The number of piperidine rings is 1. The van der Waals surface area contributed by atoms with Crippen LogP contribution in [0, 0.1) is 0 Å². The Morgan fingerprint density at radius 2 is 1.54 bits per heavy atom. The van der Waals surface area contributed by atoms with Gasteiger partial charge in [0.2, 0.25) is 0 Å². The van der Waals surface area contributed by atoms with E-state index in [1.54, 1.807) is 0 Å². The number of hydrogen-bond donors (Lipinski definition) is 0. The highest BCUT2D eigenvalue weighted by Crippen LogP contribution is 2.21. The summed E-state index contributed by atoms with van der Waals surface area (Å²) in [5.74, 6) is 1.00. The average Bonchev–Trinajstić information content (AvgIpc) is 2.73. The monoisotopic (exact) mass is 380 g/mol. The third-order valence-corrected chi connectivity index (χ3v) is 5.88. The molecule has 2 aromatic rings. The smallest absolute Gasteiger partial charge is 0.119 e. The van der Waals surface area contributed by atoms with E-state index in [9.17, 15) is 0 Å². The van der Waals surface area contributed by atoms with E-state index in [-0.39, 0.29) is 7.43 Å². The first kappa shape index (κ1) is 20.9. The van der Waals surface area contributed by atoms with Crippen LogP contribution in [-0.2, 0) is 19.5 Å². The summed E-state index contributed by atoms with van der Waals surface area (Å²) in [6, 6.07) is 17.6. The molecule has 4 rings (SSSR count). The van der Waals surface area contributed by atoms with Crippen molar-refractivity contribution in [3.63, 3.8) is 0 Å². The normalized spacial score (nSPS) is 17.6. The quantitative estimate of drug-likeness (QED) is 0.619. The molecule has 0 radical (unpaired) electrons. The van der Waals surface area contributed by atoms with Gasteiger partial charge in [0, 0.05) is 26.2 Å². The van der Waals surface area contributed by atoms with E-state index >= 15 is 0 Å². The van der Waals surface area contributed by atoms with E-state index in [1.165, 1.54) is 55.6 Å². The van der Waals surface area contributed by atoms with Crippen molar-refractivity contribution in [2.75, 3.05) is 32.8 Å². The zero-order valence-electron chi connectivity index (χ0n) is 16.4. The number of hydrogen-bond acceptors (Lipinski definition) is 3. The second-order valence-corrected chi connectivity index (χ2v) is 7.98. The highest BCUT2D eigenvalue weighted by Gasteiger charge is 2.15. The molecule has 3 heteroatoms. The van der Waals surface area contributed by atoms with Crippen molar-refractivity contribution in [3.8, 4) is 5.75 Å². The molecule has 152 valence electrons. The third-order valence-electron chi connectivity index (χ3n) is 5.88. The van der Waals surface area contributed by atoms with Crippen LogP contribution in [0.5, 0.6) is 5.75 Å². The third kappa shape index (κ3) is 5.83. The van der Waals surface area contributed by atoms with E-state index in [0.29, 0.717) is 0 Å². The molecule has 0 amide bonds. The maximum absolute atomic E-state index is 5.95. The van der Waals surface area contributed by atoms with Gasteiger partial charge in [0.05, 0.1) is 6.61 Å². The SMILES string of the molecule is C.c1ccc2c(c1)CCN(Cc1ccc(OCCCN3CCCCC3)cc1)C2. The maximum Gasteiger partial charge on any atom is 0.119 e. The molecule has 0 unspecified atom stereocenters. The van der Waals surface area contributed by atoms with Crippen molar-refractivity contribution in [1.82, 2.24) is 9.80 Å². The Morgan fingerprint density at radius 3 is 2.32 bits per heavy atom. The van der Waals surface area contributed by atoms with Crippen LogP contribution < -0.4 is 4.74 Å². The molecule has 2 aromatic carbocycles. The van der Waals surface area contributed by atoms with Crippen molar-refractivity contribution in [3.05, 3.63) is 65.2 Å². The van der Waals surface area contributed by atoms with Crippen LogP contribution in [0.2, 0.25) is 0 Å². The van der Waals surface area contributed by atoms with Gasteiger partial charge in [-0.25, -0.2) is 0 Å². The van der Waals surface area contributed by atoms with Crippen molar-refractivity contribution in [2.24, 2.45) is 0 Å². The molecule has 1 saturated heterocycles. The van der Waals surface area contributed by atoms with Crippen LogP contribution in [0.25, 0.3) is 0 Å². The highest BCUT2D eigenvalue weighted by molar-refractivity contribution is 5.30. The molecule has 28 heavy (non-hydrogen) atoms. The number of likely N-dealkylation sites (tertiary alicyclic amines) is 1. The summed E-state index contributed by atoms with van der Waals surface area (Å²) in [6.45, 7) is 7.76. The molecule has 2 heterocycles. The molecule has 2 aliphatic rings. The topological polar surface area (TPSA) is 15.7 Å². The Morgan fingerprint density at radius 1 is 0.786 bits per heavy atom. The summed E-state index contributed by atoms with van der Waals surface area (Å²) in [6.07, 6.45) is 6.42. The lowest BCUT2D eigenvalue weighted by Gasteiger charge is -2.28. The van der Waals surface area contributed by atoms with Gasteiger partial charge < -0.3 is 9.64 Å². The van der Waals surface area contributed by atoms with Gasteiger partial charge in [-0.2, -0.15) is 0 Å². The fourth-order valence-electron chi connectivity index (χ4n) is 4.30. The van der Waals surface area contributed by atoms with Crippen molar-refractivity contribution in [2.45, 2.75) is 52.6 Å². The van der Waals surface area contributed by atoms with Gasteiger partial charge in [0.15, 0.2) is 0 Å². The minimum atomic E-state index is 0. The molecule has 0 aromatic heterocycles. The lowest BCUT2D eigenvalue weighted by molar-refractivity contribution is 0.205. The van der Waals surface area contributed by atoms with Gasteiger partial charge in [0.1, 0.15) is 5.75 Å². The van der Waals surface area contributed by atoms with Gasteiger partial charge in [-0.3, -0.25) is 4.90 Å². The molecular weight excluding hydrogens is 344 g/mol. The van der Waals surface area contributed by atoms with Gasteiger partial charge in [0.25, 0.3) is 0 Å². The molecule has 1 fully saturated rings. The lowest BCUT2D eigenvalue weighted by Crippen LogP contribution is -2.31. The Kier molecular flexibility index (Phi) is 7.93. The molecule has 0 aliphatic carbocycles. The maximum atomic E-state index is 5.95. The minimum absolute atomic E-state index is 0. The number of benzene rings is 2. The summed E-state index contributed by atoms with van der Waals surface area (Å²) in [4.78, 5) is 5.11. The summed E-state index contributed by atoms with van der Waals surface area (Å²) in [7, 11) is 0. The van der Waals surface area contributed by atoms with E-state index in [2.05, 4.69) is 58.3 Å². The standard InChI is InChI=1S/C24H32N2O.CH4/c1-4-14-25(15-5-1)16-6-18-27-24-11-9-21(10-12-24)19-26-17-13-22-7-2-3-8-23(22)20-26;/h2-3,7-12H,1,4-6,13-20H2;1H4. The summed E-state index contributed by atoms with van der Waals surface area (Å²) in [5.41, 5.74) is 4.37. The van der Waals surface area contributed by atoms with Crippen molar-refractivity contribution in [1.29, 1.82) is 0 Å². The molecule has 2 aliphatic heterocycles. The van der Waals surface area contributed by atoms with Gasteiger partial charge in [-0.05, 0) is 67.6 Å². The summed E-state index contributed by atoms with van der Waals surface area (Å²) in [5, 5.41) is 0. The van der Waals surface area contributed by atoms with Gasteiger partial charge in [-0.1, -0.05) is 50.2 Å². The minimum Gasteiger partial charge on any atom is -0.494 e. The van der Waals surface area contributed by atoms with Crippen LogP contribution in [0.3, 0.4) is 0 Å². The first-order chi connectivity index (χ1) is 13.4. The Bertz CT molecular complexity index is 707. The second-order valence-electron chi connectivity index (χ2n) is 7.98. The van der Waals surface area contributed by atoms with E-state index < -0.39 is 0 Å². The zero-order valence-corrected chi connectivity index (χ0v) is 16.4. The lowest BCUT2D eigenvalue weighted by atomic mass is 9.99. The van der Waals surface area contributed by atoms with Crippen LogP contribution in [-0.4, -0.2) is 42.6 Å². The number of rotatable bonds is 7. The molecule has 0 spiro atoms. The van der Waals surface area contributed by atoms with E-state index in [0.717, 1.165) is 44.8 Å². The summed E-state index contributed by atoms with van der Waals surface area (Å²) < 4.78 is 5.95. The Balaban J connectivity index is 0.00000225. The second kappa shape index (κ2) is 10.6. The number of nitrogens with zero attached hydrogens (tertiary/aromatic N) is 2. The zero-order chi connectivity index (χ0) is 18.3. The Hall–Kier alpha value is -1.84. The molecule has 0 N–H and O–H groups in total. The predicted octanol–water partition coefficient (Wildman–Crippen LogP) is 5.14. The first-order valence-corrected chi connectivity index (χ1v) is 10.6. The van der Waals surface area contributed by atoms with E-state index in [4.69, 9.17) is 4.74 Å². The Labute approximate surface area is 171 Å². The number of fused-ring (bicyclic) bond motifs is 1. The van der Waals surface area contributed by atoms with Crippen molar-refractivity contribution < 1.29 is 4.74 Å². The van der Waals surface area contributed by atoms with Crippen molar-refractivity contribution >= 4 is 0 Å². The first-order valence-electron chi connectivity index (χ1n) is 10.6. The largest absolute Gasteiger partial charge is 0.494 e. The fourth-order valence-corrected chi connectivity index (χ4v) is 4.30. The van der Waals surface area contributed by atoms with Gasteiger partial charge in [-0.15, -0.1) is 0 Å². The number of ether oxygens (including phenoxy) is 1. The van der Waals surface area contributed by atoms with Gasteiger partial charge >= 0.3 is 0 Å². The van der Waals surface area contributed by atoms with Crippen LogP contribution in [0.15, 0.2) is 48.5 Å². The highest BCUT2D eigenvalue weighted by atomic mass is 16.5. The van der Waals surface area contributed by atoms with Crippen LogP contribution in [0.1, 0.15) is 49.8 Å². The molecule has 0 bridgehead atoms. The molecule has 0 atom stereocenters. The molecular formula is C25H36N2O. The summed E-state index contributed by atoms with van der Waals surface area (Å²) >= 11 is 0. The van der Waals surface area contributed by atoms with Crippen LogP contribution >= 0.6 is 0 Å². The fraction of sp³-hybridized carbons (Fsp3) is 0.520. The molecule has 3 nitrogen and oxygen atoms in total.